The summed E-state index contributed by atoms with van der Waals surface area (Å²) < 4.78 is 0. The molecule has 2 fully saturated rings. The Labute approximate surface area is 108 Å². The maximum absolute atomic E-state index is 12.3. The first kappa shape index (κ1) is 13.2. The third-order valence-corrected chi connectivity index (χ3v) is 4.04. The van der Waals surface area contributed by atoms with E-state index in [0.29, 0.717) is 31.8 Å². The molecule has 0 aromatic heterocycles. The Morgan fingerprint density at radius 1 is 1.06 bits per heavy atom. The number of urea groups is 1. The number of hydrogen-bond donors (Lipinski definition) is 1. The van der Waals surface area contributed by atoms with Crippen LogP contribution in [0.1, 0.15) is 32.6 Å². The monoisotopic (exact) mass is 254 g/mol. The van der Waals surface area contributed by atoms with E-state index in [4.69, 9.17) is 5.11 Å². The van der Waals surface area contributed by atoms with E-state index < -0.39 is 5.97 Å². The second-order valence-corrected chi connectivity index (χ2v) is 5.58. The smallest absolute Gasteiger partial charge is 0.320 e. The molecule has 0 saturated carbocycles. The second-order valence-electron chi connectivity index (χ2n) is 5.58. The molecule has 2 amide bonds. The molecule has 2 saturated heterocycles. The Morgan fingerprint density at radius 2 is 1.72 bits per heavy atom. The Kier molecular flexibility index (Phi) is 4.09. The molecular weight excluding hydrogens is 232 g/mol. The molecule has 0 aromatic carbocycles. The Balaban J connectivity index is 1.85. The molecule has 1 atom stereocenters. The molecule has 2 heterocycles. The van der Waals surface area contributed by atoms with E-state index in [2.05, 4.69) is 6.92 Å². The lowest BCUT2D eigenvalue weighted by molar-refractivity contribution is -0.143. The summed E-state index contributed by atoms with van der Waals surface area (Å²) in [4.78, 5) is 26.9. The first-order valence-corrected chi connectivity index (χ1v) is 6.84. The Bertz CT molecular complexity index is 324. The van der Waals surface area contributed by atoms with Gasteiger partial charge < -0.3 is 14.9 Å². The highest BCUT2D eigenvalue weighted by molar-refractivity contribution is 5.75. The standard InChI is InChI=1S/C13H22N2O3/c1-10-3-2-6-15(9-10)13(18)14-7-4-11(5-8-14)12(16)17/h10-11H,2-9H2,1H3,(H,16,17). The van der Waals surface area contributed by atoms with E-state index in [9.17, 15) is 9.59 Å². The second kappa shape index (κ2) is 5.59. The summed E-state index contributed by atoms with van der Waals surface area (Å²) in [7, 11) is 0. The van der Waals surface area contributed by atoms with Gasteiger partial charge in [0, 0.05) is 26.2 Å². The first-order valence-electron chi connectivity index (χ1n) is 6.84. The predicted octanol–water partition coefficient (Wildman–Crippen LogP) is 1.63. The maximum atomic E-state index is 12.3. The number of hydrogen-bond acceptors (Lipinski definition) is 2. The number of aliphatic carboxylic acids is 1. The van der Waals surface area contributed by atoms with Crippen LogP contribution in [0.25, 0.3) is 0 Å². The molecule has 1 unspecified atom stereocenters. The summed E-state index contributed by atoms with van der Waals surface area (Å²) >= 11 is 0. The zero-order chi connectivity index (χ0) is 13.1. The van der Waals surface area contributed by atoms with Gasteiger partial charge in [-0.05, 0) is 31.6 Å². The molecule has 0 spiro atoms. The van der Waals surface area contributed by atoms with Crippen molar-refractivity contribution < 1.29 is 14.7 Å². The Hall–Kier alpha value is -1.26. The van der Waals surface area contributed by atoms with Gasteiger partial charge >= 0.3 is 12.0 Å². The quantitative estimate of drug-likeness (QED) is 0.773. The van der Waals surface area contributed by atoms with Crippen LogP contribution in [0, 0.1) is 11.8 Å². The molecule has 5 heteroatoms. The van der Waals surface area contributed by atoms with Crippen LogP contribution in [-0.2, 0) is 4.79 Å². The number of carbonyl (C=O) groups excluding carboxylic acids is 1. The summed E-state index contributed by atoms with van der Waals surface area (Å²) in [6.07, 6.45) is 3.46. The summed E-state index contributed by atoms with van der Waals surface area (Å²) in [6.45, 7) is 5.04. The fraction of sp³-hybridized carbons (Fsp3) is 0.846. The SMILES string of the molecule is CC1CCCN(C(=O)N2CCC(C(=O)O)CC2)C1. The fourth-order valence-electron chi connectivity index (χ4n) is 2.88. The van der Waals surface area contributed by atoms with Crippen molar-refractivity contribution >= 4 is 12.0 Å². The van der Waals surface area contributed by atoms with Gasteiger partial charge in [-0.1, -0.05) is 6.92 Å². The highest BCUT2D eigenvalue weighted by Crippen LogP contribution is 2.21. The molecule has 0 aliphatic carbocycles. The zero-order valence-corrected chi connectivity index (χ0v) is 11.0. The topological polar surface area (TPSA) is 60.9 Å². The summed E-state index contributed by atoms with van der Waals surface area (Å²) in [5, 5.41) is 8.93. The lowest BCUT2D eigenvalue weighted by Crippen LogP contribution is -2.50. The van der Waals surface area contributed by atoms with Crippen molar-refractivity contribution in [3.05, 3.63) is 0 Å². The number of carboxylic acids is 1. The first-order chi connectivity index (χ1) is 8.58. The van der Waals surface area contributed by atoms with Gasteiger partial charge in [0.15, 0.2) is 0 Å². The number of amides is 2. The van der Waals surface area contributed by atoms with E-state index >= 15 is 0 Å². The zero-order valence-electron chi connectivity index (χ0n) is 11.0. The largest absolute Gasteiger partial charge is 0.481 e. The molecule has 1 N–H and O–H groups in total. The van der Waals surface area contributed by atoms with Gasteiger partial charge in [0.25, 0.3) is 0 Å². The van der Waals surface area contributed by atoms with Crippen LogP contribution in [0.3, 0.4) is 0 Å². The Morgan fingerprint density at radius 3 is 2.28 bits per heavy atom. The average Bonchev–Trinajstić information content (AvgIpc) is 2.38. The minimum Gasteiger partial charge on any atom is -0.481 e. The van der Waals surface area contributed by atoms with Gasteiger partial charge in [0.1, 0.15) is 0 Å². The third kappa shape index (κ3) is 2.94. The lowest BCUT2D eigenvalue weighted by Gasteiger charge is -2.37. The van der Waals surface area contributed by atoms with E-state index in [0.717, 1.165) is 19.5 Å². The molecule has 2 aliphatic heterocycles. The number of piperidine rings is 2. The minimum absolute atomic E-state index is 0.102. The maximum Gasteiger partial charge on any atom is 0.320 e. The van der Waals surface area contributed by atoms with Crippen molar-refractivity contribution in [2.45, 2.75) is 32.6 Å². The number of nitrogens with zero attached hydrogens (tertiary/aromatic N) is 2. The van der Waals surface area contributed by atoms with Crippen LogP contribution in [0.15, 0.2) is 0 Å². The fourth-order valence-corrected chi connectivity index (χ4v) is 2.88. The van der Waals surface area contributed by atoms with Crippen LogP contribution in [-0.4, -0.2) is 53.1 Å². The molecule has 102 valence electrons. The molecule has 2 rings (SSSR count). The molecule has 0 radical (unpaired) electrons. The predicted molar refractivity (Wildman–Crippen MR) is 67.3 cm³/mol. The van der Waals surface area contributed by atoms with Crippen LogP contribution >= 0.6 is 0 Å². The highest BCUT2D eigenvalue weighted by Gasteiger charge is 2.30. The normalized spacial score (nSPS) is 26.2. The molecule has 2 aliphatic rings. The van der Waals surface area contributed by atoms with Crippen LogP contribution in [0.4, 0.5) is 4.79 Å². The molecule has 0 bridgehead atoms. The number of rotatable bonds is 1. The van der Waals surface area contributed by atoms with Crippen molar-refractivity contribution in [3.8, 4) is 0 Å². The summed E-state index contributed by atoms with van der Waals surface area (Å²) in [5.74, 6) is -0.415. The van der Waals surface area contributed by atoms with Gasteiger partial charge in [-0.25, -0.2) is 4.79 Å². The molecule has 0 aromatic rings. The van der Waals surface area contributed by atoms with Gasteiger partial charge in [-0.3, -0.25) is 4.79 Å². The number of carbonyl (C=O) groups is 2. The highest BCUT2D eigenvalue weighted by atomic mass is 16.4. The molecule has 18 heavy (non-hydrogen) atoms. The number of likely N-dealkylation sites (tertiary alicyclic amines) is 2. The van der Waals surface area contributed by atoms with Gasteiger partial charge in [-0.15, -0.1) is 0 Å². The average molecular weight is 254 g/mol. The minimum atomic E-state index is -0.728. The van der Waals surface area contributed by atoms with E-state index in [1.54, 1.807) is 0 Å². The molecule has 5 nitrogen and oxygen atoms in total. The van der Waals surface area contributed by atoms with Crippen molar-refractivity contribution in [1.82, 2.24) is 9.80 Å². The summed E-state index contributed by atoms with van der Waals surface area (Å²) in [6, 6.07) is 0.102. The van der Waals surface area contributed by atoms with Crippen molar-refractivity contribution in [2.24, 2.45) is 11.8 Å². The van der Waals surface area contributed by atoms with Crippen LogP contribution < -0.4 is 0 Å². The lowest BCUT2D eigenvalue weighted by atomic mass is 9.97. The third-order valence-electron chi connectivity index (χ3n) is 4.04. The van der Waals surface area contributed by atoms with Gasteiger partial charge in [0.05, 0.1) is 5.92 Å². The van der Waals surface area contributed by atoms with E-state index in [1.807, 2.05) is 9.80 Å². The molecular formula is C13H22N2O3. The summed E-state index contributed by atoms with van der Waals surface area (Å²) in [5.41, 5.74) is 0. The van der Waals surface area contributed by atoms with E-state index in [-0.39, 0.29) is 11.9 Å². The van der Waals surface area contributed by atoms with Crippen molar-refractivity contribution in [2.75, 3.05) is 26.2 Å². The van der Waals surface area contributed by atoms with Gasteiger partial charge in [0.2, 0.25) is 0 Å². The van der Waals surface area contributed by atoms with Crippen LogP contribution in [0.5, 0.6) is 0 Å². The van der Waals surface area contributed by atoms with Gasteiger partial charge in [-0.2, -0.15) is 0 Å². The van der Waals surface area contributed by atoms with Crippen molar-refractivity contribution in [1.29, 1.82) is 0 Å². The van der Waals surface area contributed by atoms with E-state index in [1.165, 1.54) is 6.42 Å². The van der Waals surface area contributed by atoms with Crippen molar-refractivity contribution in [3.63, 3.8) is 0 Å². The van der Waals surface area contributed by atoms with Crippen LogP contribution in [0.2, 0.25) is 0 Å². The number of carboxylic acid groups (broad SMARTS) is 1.